The van der Waals surface area contributed by atoms with E-state index < -0.39 is 33.8 Å². The number of nitrogens with one attached hydrogen (secondary N) is 1. The van der Waals surface area contributed by atoms with E-state index in [4.69, 9.17) is 17.3 Å². The summed E-state index contributed by atoms with van der Waals surface area (Å²) in [7, 11) is -3.81. The van der Waals surface area contributed by atoms with E-state index in [1.54, 1.807) is 11.8 Å². The van der Waals surface area contributed by atoms with Gasteiger partial charge in [0.2, 0.25) is 15.9 Å². The van der Waals surface area contributed by atoms with Gasteiger partial charge in [-0.3, -0.25) is 15.0 Å². The molecular formula is C14H18ClFN4O4S. The van der Waals surface area contributed by atoms with Crippen molar-refractivity contribution in [1.82, 2.24) is 14.5 Å². The average Bonchev–Trinajstić information content (AvgIpc) is 2.56. The molecule has 1 heterocycles. The minimum Gasteiger partial charge on any atom is -0.351 e. The van der Waals surface area contributed by atoms with Crippen molar-refractivity contribution in [2.45, 2.75) is 17.9 Å². The fraction of sp³-hybridized carbons (Fsp3) is 0.429. The molecule has 0 saturated carbocycles. The first kappa shape index (κ1) is 19.6. The van der Waals surface area contributed by atoms with Crippen LogP contribution in [0.5, 0.6) is 0 Å². The molecule has 3 amide bonds. The molecule has 1 saturated heterocycles. The van der Waals surface area contributed by atoms with Gasteiger partial charge in [-0.1, -0.05) is 11.6 Å². The standard InChI is InChI=1S/C14H18ClFN4O4S/c1-9(13(21)18-14(17)22)19-4-6-20(7-5-19)25(23,24)10-2-3-12(16)11(15)8-10/h2-3,8-9H,4-7H2,1H3,(H3,17,18,21,22). The third-order valence-electron chi connectivity index (χ3n) is 3.98. The highest BCUT2D eigenvalue weighted by Gasteiger charge is 2.32. The first-order valence-electron chi connectivity index (χ1n) is 7.42. The summed E-state index contributed by atoms with van der Waals surface area (Å²) in [6.07, 6.45) is 0. The molecule has 2 rings (SSSR count). The van der Waals surface area contributed by atoms with Crippen molar-refractivity contribution in [2.24, 2.45) is 5.73 Å². The van der Waals surface area contributed by atoms with Crippen molar-refractivity contribution in [1.29, 1.82) is 0 Å². The van der Waals surface area contributed by atoms with E-state index in [0.717, 1.165) is 18.2 Å². The van der Waals surface area contributed by atoms with Gasteiger partial charge in [0.05, 0.1) is 16.0 Å². The van der Waals surface area contributed by atoms with Crippen molar-refractivity contribution < 1.29 is 22.4 Å². The lowest BCUT2D eigenvalue weighted by Gasteiger charge is -2.36. The number of carbonyl (C=O) groups is 2. The number of urea groups is 1. The Balaban J connectivity index is 2.04. The highest BCUT2D eigenvalue weighted by atomic mass is 35.5. The minimum absolute atomic E-state index is 0.0909. The predicted molar refractivity (Wildman–Crippen MR) is 88.9 cm³/mol. The lowest BCUT2D eigenvalue weighted by Crippen LogP contribution is -2.55. The monoisotopic (exact) mass is 392 g/mol. The molecule has 25 heavy (non-hydrogen) atoms. The number of benzene rings is 1. The Morgan fingerprint density at radius 1 is 1.28 bits per heavy atom. The Morgan fingerprint density at radius 3 is 2.40 bits per heavy atom. The number of carbonyl (C=O) groups excluding carboxylic acids is 2. The van der Waals surface area contributed by atoms with E-state index in [2.05, 4.69) is 0 Å². The molecule has 0 aliphatic carbocycles. The number of hydrogen-bond donors (Lipinski definition) is 2. The number of nitrogens with two attached hydrogens (primary N) is 1. The summed E-state index contributed by atoms with van der Waals surface area (Å²) in [6, 6.07) is 1.67. The zero-order chi connectivity index (χ0) is 18.8. The third kappa shape index (κ3) is 4.46. The van der Waals surface area contributed by atoms with Gasteiger partial charge in [0, 0.05) is 26.2 Å². The Kier molecular flexibility index (Phi) is 5.99. The number of rotatable bonds is 4. The molecule has 1 aliphatic heterocycles. The van der Waals surface area contributed by atoms with Crippen LogP contribution in [0.15, 0.2) is 23.1 Å². The highest BCUT2D eigenvalue weighted by molar-refractivity contribution is 7.89. The first-order chi connectivity index (χ1) is 11.6. The Bertz CT molecular complexity index is 781. The maximum Gasteiger partial charge on any atom is 0.318 e. The van der Waals surface area contributed by atoms with Crippen LogP contribution < -0.4 is 11.1 Å². The lowest BCUT2D eigenvalue weighted by molar-refractivity contribution is -0.125. The smallest absolute Gasteiger partial charge is 0.318 e. The molecule has 1 aliphatic rings. The van der Waals surface area contributed by atoms with E-state index in [1.165, 1.54) is 4.31 Å². The summed E-state index contributed by atoms with van der Waals surface area (Å²) >= 11 is 5.65. The normalized spacial score (nSPS) is 17.9. The number of hydrogen-bond acceptors (Lipinski definition) is 5. The van der Waals surface area contributed by atoms with Crippen LogP contribution in [0.2, 0.25) is 5.02 Å². The number of sulfonamides is 1. The second-order valence-corrected chi connectivity index (χ2v) is 7.89. The number of piperazine rings is 1. The first-order valence-corrected chi connectivity index (χ1v) is 9.24. The van der Waals surface area contributed by atoms with Gasteiger partial charge in [0.15, 0.2) is 0 Å². The van der Waals surface area contributed by atoms with Crippen LogP contribution in [0, 0.1) is 5.82 Å². The molecule has 0 bridgehead atoms. The Hall–Kier alpha value is -1.75. The van der Waals surface area contributed by atoms with Crippen LogP contribution in [0.1, 0.15) is 6.92 Å². The van der Waals surface area contributed by atoms with Gasteiger partial charge in [0.25, 0.3) is 0 Å². The molecule has 0 radical (unpaired) electrons. The molecule has 1 atom stereocenters. The molecule has 3 N–H and O–H groups in total. The van der Waals surface area contributed by atoms with Crippen LogP contribution >= 0.6 is 11.6 Å². The van der Waals surface area contributed by atoms with Gasteiger partial charge in [-0.25, -0.2) is 17.6 Å². The van der Waals surface area contributed by atoms with E-state index in [1.807, 2.05) is 5.32 Å². The SMILES string of the molecule is CC(C(=O)NC(N)=O)N1CCN(S(=O)(=O)c2ccc(F)c(Cl)c2)CC1. The summed E-state index contributed by atoms with van der Waals surface area (Å²) < 4.78 is 39.6. The molecule has 8 nitrogen and oxygen atoms in total. The lowest BCUT2D eigenvalue weighted by atomic mass is 10.2. The number of halogens is 2. The van der Waals surface area contributed by atoms with Gasteiger partial charge in [-0.15, -0.1) is 0 Å². The molecule has 0 spiro atoms. The number of primary amides is 1. The molecule has 1 aromatic rings. The third-order valence-corrected chi connectivity index (χ3v) is 6.16. The zero-order valence-corrected chi connectivity index (χ0v) is 15.0. The second-order valence-electron chi connectivity index (χ2n) is 5.55. The summed E-state index contributed by atoms with van der Waals surface area (Å²) in [5, 5.41) is 1.73. The van der Waals surface area contributed by atoms with Crippen molar-refractivity contribution >= 4 is 33.6 Å². The minimum atomic E-state index is -3.81. The summed E-state index contributed by atoms with van der Waals surface area (Å²) in [5.41, 5.74) is 4.91. The largest absolute Gasteiger partial charge is 0.351 e. The van der Waals surface area contributed by atoms with Gasteiger partial charge < -0.3 is 5.73 Å². The van der Waals surface area contributed by atoms with Crippen LogP contribution in [-0.2, 0) is 14.8 Å². The zero-order valence-electron chi connectivity index (χ0n) is 13.4. The van der Waals surface area contributed by atoms with Gasteiger partial charge in [-0.05, 0) is 25.1 Å². The molecule has 1 unspecified atom stereocenters. The maximum atomic E-state index is 13.2. The summed E-state index contributed by atoms with van der Waals surface area (Å²) in [5.74, 6) is -1.24. The molecule has 1 fully saturated rings. The van der Waals surface area contributed by atoms with Crippen molar-refractivity contribution in [3.8, 4) is 0 Å². The Labute approximate surface area is 149 Å². The van der Waals surface area contributed by atoms with Crippen molar-refractivity contribution in [3.63, 3.8) is 0 Å². The topological polar surface area (TPSA) is 113 Å². The predicted octanol–water partition coefficient (Wildman–Crippen LogP) is 0.369. The molecule has 11 heteroatoms. The van der Waals surface area contributed by atoms with Crippen LogP contribution in [0.3, 0.4) is 0 Å². The van der Waals surface area contributed by atoms with Crippen molar-refractivity contribution in [3.05, 3.63) is 29.0 Å². The van der Waals surface area contributed by atoms with Crippen LogP contribution in [-0.4, -0.2) is 61.8 Å². The highest BCUT2D eigenvalue weighted by Crippen LogP contribution is 2.23. The summed E-state index contributed by atoms with van der Waals surface area (Å²) in [4.78, 5) is 24.2. The van der Waals surface area contributed by atoms with Crippen LogP contribution in [0.25, 0.3) is 0 Å². The molecule has 138 valence electrons. The van der Waals surface area contributed by atoms with E-state index >= 15 is 0 Å². The Morgan fingerprint density at radius 2 is 1.88 bits per heavy atom. The van der Waals surface area contributed by atoms with Gasteiger partial charge in [-0.2, -0.15) is 4.31 Å². The summed E-state index contributed by atoms with van der Waals surface area (Å²) in [6.45, 7) is 2.47. The number of amides is 3. The van der Waals surface area contributed by atoms with E-state index in [-0.39, 0.29) is 23.0 Å². The van der Waals surface area contributed by atoms with E-state index in [9.17, 15) is 22.4 Å². The average molecular weight is 393 g/mol. The second kappa shape index (κ2) is 7.65. The maximum absolute atomic E-state index is 13.2. The molecular weight excluding hydrogens is 375 g/mol. The fourth-order valence-corrected chi connectivity index (χ4v) is 4.20. The van der Waals surface area contributed by atoms with Gasteiger partial charge in [0.1, 0.15) is 5.82 Å². The molecule has 0 aromatic heterocycles. The van der Waals surface area contributed by atoms with Crippen LogP contribution in [0.4, 0.5) is 9.18 Å². The molecule has 1 aromatic carbocycles. The fourth-order valence-electron chi connectivity index (χ4n) is 2.51. The quantitative estimate of drug-likeness (QED) is 0.768. The number of imide groups is 1. The van der Waals surface area contributed by atoms with Gasteiger partial charge >= 0.3 is 6.03 Å². The number of nitrogens with zero attached hydrogens (tertiary/aromatic N) is 2. The van der Waals surface area contributed by atoms with Crippen molar-refractivity contribution in [2.75, 3.05) is 26.2 Å². The van der Waals surface area contributed by atoms with E-state index in [0.29, 0.717) is 13.1 Å².